The van der Waals surface area contributed by atoms with E-state index in [1.165, 1.54) is 0 Å². The molecule has 0 heterocycles. The van der Waals surface area contributed by atoms with Gasteiger partial charge in [-0.2, -0.15) is 5.26 Å². The Hall–Kier alpha value is -2.49. The molecule has 1 atom stereocenters. The maximum atomic E-state index is 13.4. The number of halogens is 2. The van der Waals surface area contributed by atoms with Crippen molar-refractivity contribution in [3.63, 3.8) is 0 Å². The van der Waals surface area contributed by atoms with Crippen molar-refractivity contribution in [2.75, 3.05) is 0 Å². The summed E-state index contributed by atoms with van der Waals surface area (Å²) in [4.78, 5) is 22.7. The van der Waals surface area contributed by atoms with E-state index in [1.54, 1.807) is 0 Å². The standard InChI is InChI=1S/C14H14F2N2O3/c15-10-5-4-9(11(16)8-10)7-13(19)18-12(14(20)21)3-1-2-6-17/h4-5,8,12H,1-3,7H2,(H,18,19)(H,20,21)/t12-/m0/s1. The first kappa shape index (κ1) is 16.6. The van der Waals surface area contributed by atoms with Gasteiger partial charge in [0.25, 0.3) is 0 Å². The predicted molar refractivity (Wildman–Crippen MR) is 69.1 cm³/mol. The number of aliphatic carboxylic acids is 1. The van der Waals surface area contributed by atoms with Gasteiger partial charge in [0.15, 0.2) is 0 Å². The van der Waals surface area contributed by atoms with Gasteiger partial charge in [-0.15, -0.1) is 0 Å². The zero-order chi connectivity index (χ0) is 15.8. The quantitative estimate of drug-likeness (QED) is 0.750. The summed E-state index contributed by atoms with van der Waals surface area (Å²) in [6, 6.07) is 3.56. The molecule has 112 valence electrons. The topological polar surface area (TPSA) is 90.2 Å². The lowest BCUT2D eigenvalue weighted by molar-refractivity contribution is -0.141. The first-order valence-electron chi connectivity index (χ1n) is 6.27. The molecule has 0 saturated heterocycles. The largest absolute Gasteiger partial charge is 0.480 e. The second kappa shape index (κ2) is 7.94. The molecule has 1 aromatic carbocycles. The second-order valence-electron chi connectivity index (χ2n) is 4.42. The third-order valence-corrected chi connectivity index (χ3v) is 2.78. The van der Waals surface area contributed by atoms with Crippen molar-refractivity contribution in [2.24, 2.45) is 0 Å². The highest BCUT2D eigenvalue weighted by atomic mass is 19.1. The number of rotatable bonds is 7. The molecule has 0 fully saturated rings. The first-order chi connectivity index (χ1) is 9.93. The van der Waals surface area contributed by atoms with Crippen LogP contribution in [0.1, 0.15) is 24.8 Å². The molecule has 2 N–H and O–H groups in total. The summed E-state index contributed by atoms with van der Waals surface area (Å²) < 4.78 is 26.1. The molecule has 1 rings (SSSR count). The normalized spacial score (nSPS) is 11.5. The van der Waals surface area contributed by atoms with Crippen LogP contribution in [0.25, 0.3) is 0 Å². The number of hydrogen-bond acceptors (Lipinski definition) is 3. The zero-order valence-electron chi connectivity index (χ0n) is 11.1. The Kier molecular flexibility index (Phi) is 6.27. The number of unbranched alkanes of at least 4 members (excludes halogenated alkanes) is 1. The van der Waals surface area contributed by atoms with Crippen LogP contribution >= 0.6 is 0 Å². The van der Waals surface area contributed by atoms with Crippen molar-refractivity contribution >= 4 is 11.9 Å². The van der Waals surface area contributed by atoms with Crippen LogP contribution in [-0.2, 0) is 16.0 Å². The molecule has 0 aliphatic carbocycles. The molecular weight excluding hydrogens is 282 g/mol. The van der Waals surface area contributed by atoms with Crippen molar-refractivity contribution in [1.82, 2.24) is 5.32 Å². The monoisotopic (exact) mass is 296 g/mol. The minimum absolute atomic E-state index is 0.0185. The molecule has 21 heavy (non-hydrogen) atoms. The molecule has 0 spiro atoms. The summed E-state index contributed by atoms with van der Waals surface area (Å²) in [5.41, 5.74) is -0.0185. The SMILES string of the molecule is N#CCCC[C@H](NC(=O)Cc1ccc(F)cc1F)C(=O)O. The Morgan fingerprint density at radius 2 is 2.10 bits per heavy atom. The van der Waals surface area contributed by atoms with E-state index in [0.717, 1.165) is 12.1 Å². The van der Waals surface area contributed by atoms with Gasteiger partial charge in [-0.1, -0.05) is 6.07 Å². The highest BCUT2D eigenvalue weighted by molar-refractivity contribution is 5.84. The highest BCUT2D eigenvalue weighted by Gasteiger charge is 2.20. The van der Waals surface area contributed by atoms with Crippen LogP contribution in [0, 0.1) is 23.0 Å². The molecule has 0 saturated carbocycles. The van der Waals surface area contributed by atoms with Crippen molar-refractivity contribution in [3.8, 4) is 6.07 Å². The number of nitrogens with one attached hydrogen (secondary N) is 1. The molecule has 0 bridgehead atoms. The molecule has 0 aliphatic heterocycles. The summed E-state index contributed by atoms with van der Waals surface area (Å²) in [6.07, 6.45) is 0.250. The lowest BCUT2D eigenvalue weighted by Crippen LogP contribution is -2.41. The van der Waals surface area contributed by atoms with Gasteiger partial charge >= 0.3 is 5.97 Å². The maximum absolute atomic E-state index is 13.4. The van der Waals surface area contributed by atoms with Crippen LogP contribution in [0.3, 0.4) is 0 Å². The van der Waals surface area contributed by atoms with E-state index in [-0.39, 0.29) is 24.8 Å². The average molecular weight is 296 g/mol. The average Bonchev–Trinajstić information content (AvgIpc) is 2.41. The summed E-state index contributed by atoms with van der Waals surface area (Å²) in [7, 11) is 0. The predicted octanol–water partition coefficient (Wildman–Crippen LogP) is 1.77. The molecule has 5 nitrogen and oxygen atoms in total. The molecule has 0 aliphatic rings. The van der Waals surface area contributed by atoms with Gasteiger partial charge in [0, 0.05) is 12.5 Å². The number of nitrogens with zero attached hydrogens (tertiary/aromatic N) is 1. The van der Waals surface area contributed by atoms with E-state index in [4.69, 9.17) is 10.4 Å². The molecule has 0 unspecified atom stereocenters. The van der Waals surface area contributed by atoms with Crippen molar-refractivity contribution in [1.29, 1.82) is 5.26 Å². The van der Waals surface area contributed by atoms with Gasteiger partial charge in [-0.05, 0) is 24.5 Å². The van der Waals surface area contributed by atoms with Gasteiger partial charge in [0.1, 0.15) is 17.7 Å². The van der Waals surface area contributed by atoms with Crippen LogP contribution in [0.4, 0.5) is 8.78 Å². The van der Waals surface area contributed by atoms with Crippen molar-refractivity contribution in [3.05, 3.63) is 35.4 Å². The van der Waals surface area contributed by atoms with E-state index < -0.39 is 29.6 Å². The Morgan fingerprint density at radius 1 is 1.38 bits per heavy atom. The summed E-state index contributed by atoms with van der Waals surface area (Å²) in [6.45, 7) is 0. The molecule has 0 aromatic heterocycles. The first-order valence-corrected chi connectivity index (χ1v) is 6.27. The smallest absolute Gasteiger partial charge is 0.326 e. The number of carbonyl (C=O) groups is 2. The maximum Gasteiger partial charge on any atom is 0.326 e. The highest BCUT2D eigenvalue weighted by Crippen LogP contribution is 2.10. The van der Waals surface area contributed by atoms with Crippen molar-refractivity contribution < 1.29 is 23.5 Å². The van der Waals surface area contributed by atoms with E-state index in [2.05, 4.69) is 5.32 Å². The van der Waals surface area contributed by atoms with Gasteiger partial charge in [-0.25, -0.2) is 13.6 Å². The number of carboxylic acid groups (broad SMARTS) is 1. The van der Waals surface area contributed by atoms with Gasteiger partial charge < -0.3 is 10.4 Å². The minimum atomic E-state index is -1.22. The Balaban J connectivity index is 2.61. The Bertz CT molecular complexity index is 570. The van der Waals surface area contributed by atoms with Gasteiger partial charge in [0.2, 0.25) is 5.91 Å². The fourth-order valence-corrected chi connectivity index (χ4v) is 1.73. The number of nitriles is 1. The second-order valence-corrected chi connectivity index (χ2v) is 4.42. The minimum Gasteiger partial charge on any atom is -0.480 e. The molecular formula is C14H14F2N2O3. The van der Waals surface area contributed by atoms with Gasteiger partial charge in [0.05, 0.1) is 12.5 Å². The molecule has 0 radical (unpaired) electrons. The summed E-state index contributed by atoms with van der Waals surface area (Å²) >= 11 is 0. The summed E-state index contributed by atoms with van der Waals surface area (Å²) in [5.74, 6) is -3.51. The van der Waals surface area contributed by atoms with Crippen LogP contribution in [0.15, 0.2) is 18.2 Å². The van der Waals surface area contributed by atoms with E-state index in [9.17, 15) is 18.4 Å². The zero-order valence-corrected chi connectivity index (χ0v) is 11.1. The number of hydrogen-bond donors (Lipinski definition) is 2. The third-order valence-electron chi connectivity index (χ3n) is 2.78. The lowest BCUT2D eigenvalue weighted by atomic mass is 10.1. The van der Waals surface area contributed by atoms with Crippen LogP contribution in [0.2, 0.25) is 0 Å². The molecule has 1 aromatic rings. The van der Waals surface area contributed by atoms with Crippen molar-refractivity contribution in [2.45, 2.75) is 31.7 Å². The number of amides is 1. The van der Waals surface area contributed by atoms with E-state index in [1.807, 2.05) is 6.07 Å². The van der Waals surface area contributed by atoms with Gasteiger partial charge in [-0.3, -0.25) is 4.79 Å². The summed E-state index contributed by atoms with van der Waals surface area (Å²) in [5, 5.41) is 19.6. The fourth-order valence-electron chi connectivity index (χ4n) is 1.73. The third kappa shape index (κ3) is 5.57. The number of carboxylic acids is 1. The number of carbonyl (C=O) groups excluding carboxylic acids is 1. The Morgan fingerprint density at radius 3 is 2.67 bits per heavy atom. The Labute approximate surface area is 120 Å². The fraction of sp³-hybridized carbons (Fsp3) is 0.357. The van der Waals surface area contributed by atoms with E-state index >= 15 is 0 Å². The molecule has 1 amide bonds. The van der Waals surface area contributed by atoms with Crippen LogP contribution in [0.5, 0.6) is 0 Å². The molecule has 7 heteroatoms. The lowest BCUT2D eigenvalue weighted by Gasteiger charge is -2.14. The van der Waals surface area contributed by atoms with Crippen LogP contribution < -0.4 is 5.32 Å². The van der Waals surface area contributed by atoms with Crippen LogP contribution in [-0.4, -0.2) is 23.0 Å². The number of benzene rings is 1. The van der Waals surface area contributed by atoms with E-state index in [0.29, 0.717) is 12.5 Å².